The van der Waals surface area contributed by atoms with Crippen molar-refractivity contribution in [2.24, 2.45) is 5.92 Å². The van der Waals surface area contributed by atoms with Gasteiger partial charge in [-0.2, -0.15) is 0 Å². The van der Waals surface area contributed by atoms with Crippen molar-refractivity contribution in [3.8, 4) is 0 Å². The molecule has 2 aliphatic rings. The first kappa shape index (κ1) is 12.9. The van der Waals surface area contributed by atoms with Crippen molar-refractivity contribution in [2.45, 2.75) is 44.2 Å². The normalized spacial score (nSPS) is 29.8. The van der Waals surface area contributed by atoms with E-state index in [1.807, 2.05) is 0 Å². The fraction of sp³-hybridized carbons (Fsp3) is 0.533. The molecule has 2 aromatic rings. The first-order valence-electron chi connectivity index (χ1n) is 7.22. The van der Waals surface area contributed by atoms with Gasteiger partial charge < -0.3 is 9.73 Å². The van der Waals surface area contributed by atoms with E-state index in [0.717, 1.165) is 23.7 Å². The molecule has 0 bridgehead atoms. The Morgan fingerprint density at radius 1 is 1.20 bits per heavy atom. The Balaban J connectivity index is 1.67. The second-order valence-electron chi connectivity index (χ2n) is 5.89. The summed E-state index contributed by atoms with van der Waals surface area (Å²) in [6, 6.07) is 4.34. The van der Waals surface area contributed by atoms with Crippen LogP contribution in [0, 0.1) is 5.92 Å². The summed E-state index contributed by atoms with van der Waals surface area (Å²) < 4.78 is 5.88. The third kappa shape index (κ3) is 2.12. The fourth-order valence-corrected chi connectivity index (χ4v) is 4.16. The summed E-state index contributed by atoms with van der Waals surface area (Å²) in [5.74, 6) is 1.52. The zero-order valence-electron chi connectivity index (χ0n) is 11.0. The van der Waals surface area contributed by atoms with Crippen molar-refractivity contribution < 1.29 is 4.42 Å². The predicted molar refractivity (Wildman–Crippen MR) is 80.3 cm³/mol. The smallest absolute Gasteiger partial charge is 0.212 e. The van der Waals surface area contributed by atoms with Crippen LogP contribution < -0.4 is 5.32 Å². The van der Waals surface area contributed by atoms with Gasteiger partial charge in [0.15, 0.2) is 5.58 Å². The highest BCUT2D eigenvalue weighted by Gasteiger charge is 2.37. The monoisotopic (exact) mass is 310 g/mol. The molecule has 1 aliphatic heterocycles. The van der Waals surface area contributed by atoms with Crippen molar-refractivity contribution in [2.75, 3.05) is 0 Å². The molecule has 0 spiro atoms. The fourth-order valence-electron chi connectivity index (χ4n) is 3.64. The summed E-state index contributed by atoms with van der Waals surface area (Å²) in [5.41, 5.74) is 1.39. The molecule has 2 heterocycles. The first-order chi connectivity index (χ1) is 9.70. The Kier molecular flexibility index (Phi) is 3.17. The number of halogens is 2. The highest BCUT2D eigenvalue weighted by molar-refractivity contribution is 6.37. The second kappa shape index (κ2) is 4.90. The molecule has 20 heavy (non-hydrogen) atoms. The molecule has 2 fully saturated rings. The average molecular weight is 311 g/mol. The predicted octanol–water partition coefficient (Wildman–Crippen LogP) is 4.73. The number of rotatable bonds is 1. The molecule has 3 unspecified atom stereocenters. The Hall–Kier alpha value is -0.770. The van der Waals surface area contributed by atoms with Crippen molar-refractivity contribution in [1.29, 1.82) is 0 Å². The van der Waals surface area contributed by atoms with Gasteiger partial charge in [0.2, 0.25) is 5.89 Å². The molecule has 1 N–H and O–H groups in total. The number of fused-ring (bicyclic) bond motifs is 2. The van der Waals surface area contributed by atoms with Gasteiger partial charge >= 0.3 is 0 Å². The molecule has 3 atom stereocenters. The summed E-state index contributed by atoms with van der Waals surface area (Å²) >= 11 is 12.2. The minimum Gasteiger partial charge on any atom is -0.437 e. The third-order valence-corrected chi connectivity index (χ3v) is 5.09. The number of nitrogens with zero attached hydrogens (tertiary/aromatic N) is 1. The topological polar surface area (TPSA) is 38.1 Å². The minimum absolute atomic E-state index is 0.213. The van der Waals surface area contributed by atoms with E-state index in [4.69, 9.17) is 27.6 Å². The van der Waals surface area contributed by atoms with Gasteiger partial charge in [-0.1, -0.05) is 36.0 Å². The van der Waals surface area contributed by atoms with Crippen LogP contribution in [0.25, 0.3) is 11.1 Å². The van der Waals surface area contributed by atoms with Crippen LogP contribution in [0.2, 0.25) is 10.0 Å². The van der Waals surface area contributed by atoms with Gasteiger partial charge in [0.1, 0.15) is 5.52 Å². The molecule has 1 saturated heterocycles. The molecule has 1 saturated carbocycles. The molecule has 1 aromatic heterocycles. The molecular weight excluding hydrogens is 295 g/mol. The van der Waals surface area contributed by atoms with Crippen LogP contribution in [0.5, 0.6) is 0 Å². The number of oxazole rings is 1. The van der Waals surface area contributed by atoms with Crippen molar-refractivity contribution >= 4 is 34.3 Å². The van der Waals surface area contributed by atoms with Crippen molar-refractivity contribution in [3.63, 3.8) is 0 Å². The maximum absolute atomic E-state index is 6.17. The molecule has 106 valence electrons. The van der Waals surface area contributed by atoms with Crippen LogP contribution in [0.3, 0.4) is 0 Å². The summed E-state index contributed by atoms with van der Waals surface area (Å²) in [6.45, 7) is 0. The van der Waals surface area contributed by atoms with Gasteiger partial charge in [-0.05, 0) is 37.3 Å². The van der Waals surface area contributed by atoms with Gasteiger partial charge in [0, 0.05) is 11.1 Å². The van der Waals surface area contributed by atoms with Gasteiger partial charge in [-0.25, -0.2) is 4.98 Å². The van der Waals surface area contributed by atoms with Crippen LogP contribution in [0.1, 0.15) is 44.0 Å². The quantitative estimate of drug-likeness (QED) is 0.827. The lowest BCUT2D eigenvalue weighted by atomic mass is 9.85. The number of aromatic nitrogens is 1. The molecule has 1 aliphatic carbocycles. The Bertz CT molecular complexity index is 641. The molecule has 1 aromatic carbocycles. The highest BCUT2D eigenvalue weighted by Crippen LogP contribution is 2.40. The molecule has 5 heteroatoms. The summed E-state index contributed by atoms with van der Waals surface area (Å²) in [7, 11) is 0. The van der Waals surface area contributed by atoms with Crippen molar-refractivity contribution in [1.82, 2.24) is 10.3 Å². The SMILES string of the molecule is Clc1cc(Cl)c2oc(C3CC4CCCCC4N3)nc2c1. The number of nitrogens with one attached hydrogen (secondary N) is 1. The Labute approximate surface area is 127 Å². The van der Waals surface area contributed by atoms with Crippen LogP contribution in [-0.2, 0) is 0 Å². The standard InChI is InChI=1S/C15H16Cl2N2O/c16-9-6-10(17)14-12(7-9)19-15(20-14)13-5-8-3-1-2-4-11(8)18-13/h6-8,11,13,18H,1-5H2. The molecular formula is C15H16Cl2N2O. The van der Waals surface area contributed by atoms with E-state index < -0.39 is 0 Å². The van der Waals surface area contributed by atoms with Crippen LogP contribution in [0.15, 0.2) is 16.5 Å². The molecule has 3 nitrogen and oxygen atoms in total. The highest BCUT2D eigenvalue weighted by atomic mass is 35.5. The average Bonchev–Trinajstić information content (AvgIpc) is 3.01. The minimum atomic E-state index is 0.213. The molecule has 4 rings (SSSR count). The maximum Gasteiger partial charge on any atom is 0.212 e. The van der Waals surface area contributed by atoms with E-state index in [9.17, 15) is 0 Å². The van der Waals surface area contributed by atoms with E-state index >= 15 is 0 Å². The van der Waals surface area contributed by atoms with E-state index in [1.165, 1.54) is 25.7 Å². The third-order valence-electron chi connectivity index (χ3n) is 4.59. The zero-order chi connectivity index (χ0) is 13.7. The lowest BCUT2D eigenvalue weighted by Crippen LogP contribution is -2.30. The van der Waals surface area contributed by atoms with E-state index in [2.05, 4.69) is 10.3 Å². The van der Waals surface area contributed by atoms with Crippen LogP contribution in [-0.4, -0.2) is 11.0 Å². The molecule has 0 radical (unpaired) electrons. The number of benzene rings is 1. The van der Waals surface area contributed by atoms with Crippen molar-refractivity contribution in [3.05, 3.63) is 28.1 Å². The zero-order valence-corrected chi connectivity index (χ0v) is 12.5. The summed E-state index contributed by atoms with van der Waals surface area (Å²) in [4.78, 5) is 4.58. The van der Waals surface area contributed by atoms with Gasteiger partial charge in [-0.3, -0.25) is 0 Å². The van der Waals surface area contributed by atoms with E-state index in [0.29, 0.717) is 21.7 Å². The Morgan fingerprint density at radius 2 is 2.05 bits per heavy atom. The largest absolute Gasteiger partial charge is 0.437 e. The number of hydrogen-bond donors (Lipinski definition) is 1. The lowest BCUT2D eigenvalue weighted by molar-refractivity contribution is 0.325. The van der Waals surface area contributed by atoms with Crippen LogP contribution >= 0.6 is 23.2 Å². The summed E-state index contributed by atoms with van der Waals surface area (Å²) in [5, 5.41) is 4.79. The first-order valence-corrected chi connectivity index (χ1v) is 7.98. The van der Waals surface area contributed by atoms with Crippen LogP contribution in [0.4, 0.5) is 0 Å². The van der Waals surface area contributed by atoms with Gasteiger partial charge in [-0.15, -0.1) is 0 Å². The van der Waals surface area contributed by atoms with E-state index in [1.54, 1.807) is 12.1 Å². The molecule has 0 amide bonds. The number of hydrogen-bond acceptors (Lipinski definition) is 3. The second-order valence-corrected chi connectivity index (χ2v) is 6.74. The lowest BCUT2D eigenvalue weighted by Gasteiger charge is -2.24. The summed E-state index contributed by atoms with van der Waals surface area (Å²) in [6.07, 6.45) is 6.39. The van der Waals surface area contributed by atoms with Gasteiger partial charge in [0.25, 0.3) is 0 Å². The van der Waals surface area contributed by atoms with Gasteiger partial charge in [0.05, 0.1) is 11.1 Å². The Morgan fingerprint density at radius 3 is 2.90 bits per heavy atom. The van der Waals surface area contributed by atoms with E-state index in [-0.39, 0.29) is 6.04 Å². The maximum atomic E-state index is 6.17.